The number of nitrogens with zero attached hydrogens (tertiary/aromatic N) is 6. The van der Waals surface area contributed by atoms with Gasteiger partial charge in [0, 0.05) is 52.4 Å². The molecule has 0 radical (unpaired) electrons. The van der Waals surface area contributed by atoms with Crippen molar-refractivity contribution in [3.8, 4) is 51.2 Å². The molecule has 7 heterocycles. The summed E-state index contributed by atoms with van der Waals surface area (Å²) in [4.78, 5) is 15.5. The molecule has 0 amide bonds. The maximum atomic E-state index is 5.17. The Kier molecular flexibility index (Phi) is 17.2. The van der Waals surface area contributed by atoms with Crippen molar-refractivity contribution >= 4 is 0 Å². The highest BCUT2D eigenvalue weighted by Gasteiger charge is 2.21. The Hall–Kier alpha value is -7.05. The van der Waals surface area contributed by atoms with Crippen LogP contribution >= 0.6 is 0 Å². The quantitative estimate of drug-likeness (QED) is 0.177. The Morgan fingerprint density at radius 3 is 0.718 bits per heavy atom. The maximum absolute atomic E-state index is 5.17. The van der Waals surface area contributed by atoms with Crippen LogP contribution in [0.2, 0.25) is 0 Å². The van der Waals surface area contributed by atoms with E-state index in [0.29, 0.717) is 0 Å². The van der Waals surface area contributed by atoms with Crippen LogP contribution in [0, 0.1) is 62.3 Å². The van der Waals surface area contributed by atoms with Gasteiger partial charge in [-0.2, -0.15) is 0 Å². The molecule has 6 aromatic carbocycles. The first-order valence-electron chi connectivity index (χ1n) is 29.6. The first-order chi connectivity index (χ1) is 37.9. The molecule has 402 valence electrons. The number of rotatable bonds is 3. The Balaban J connectivity index is 0.909. The van der Waals surface area contributed by atoms with Gasteiger partial charge in [0.15, 0.2) is 0 Å². The first kappa shape index (κ1) is 54.3. The van der Waals surface area contributed by atoms with Crippen molar-refractivity contribution in [1.29, 1.82) is 0 Å². The fraction of sp³-hybridized carbons (Fsp3) is 0.375. The van der Waals surface area contributed by atoms with E-state index in [1.165, 1.54) is 175 Å². The minimum absolute atomic E-state index is 1.00. The molecule has 0 N–H and O–H groups in total. The summed E-state index contributed by atoms with van der Waals surface area (Å²) in [6, 6.07) is 41.8. The lowest BCUT2D eigenvalue weighted by Gasteiger charge is -2.18. The van der Waals surface area contributed by atoms with Crippen LogP contribution in [0.3, 0.4) is 0 Å². The van der Waals surface area contributed by atoms with Gasteiger partial charge in [-0.25, -0.2) is 15.0 Å². The summed E-state index contributed by atoms with van der Waals surface area (Å²) < 4.78 is 7.42. The number of fused-ring (bicyclic) bond motifs is 3. The molecular formula is C72H84N6. The summed E-state index contributed by atoms with van der Waals surface area (Å²) in [5.41, 5.74) is 27.1. The van der Waals surface area contributed by atoms with Crippen LogP contribution in [0.1, 0.15) is 161 Å². The molecule has 0 saturated heterocycles. The van der Waals surface area contributed by atoms with Crippen LogP contribution < -0.4 is 0 Å². The van der Waals surface area contributed by atoms with Crippen LogP contribution in [0.4, 0.5) is 0 Å². The molecule has 0 fully saturated rings. The van der Waals surface area contributed by atoms with Crippen molar-refractivity contribution in [2.45, 2.75) is 178 Å². The molecule has 0 spiro atoms. The van der Waals surface area contributed by atoms with Crippen LogP contribution in [0.15, 0.2) is 128 Å². The summed E-state index contributed by atoms with van der Waals surface area (Å²) in [5, 5.41) is 0. The number of aryl methyl sites for hydroxylation is 15. The largest absolute Gasteiger partial charge is 0.296 e. The zero-order chi connectivity index (χ0) is 54.3. The molecule has 6 nitrogen and oxygen atoms in total. The standard InChI is InChI=1S/C72H84N6/c1-49-40-52(4)67(53(5)41-49)76-64-25-19-13-10-16-23-59-30-36-62(37-31-59)71-74-48-66(78(71)69-56(8)44-51(3)45-57(69)9)27-21-15-12-18-24-60-32-38-63(39-33-60)72-75-47-65(77(72)68-54(6)42-50(2)43-55(68)7)26-20-14-11-17-22-58-28-34-61(35-29-58)70(76)73-46-64/h28-48H,10-27H2,1-9H3. The fourth-order valence-electron chi connectivity index (χ4n) is 13.1. The van der Waals surface area contributed by atoms with Crippen molar-refractivity contribution in [3.63, 3.8) is 0 Å². The second kappa shape index (κ2) is 24.7. The highest BCUT2D eigenvalue weighted by Crippen LogP contribution is 2.35. The lowest BCUT2D eigenvalue weighted by atomic mass is 10.0. The average Bonchev–Trinajstić information content (AvgIpc) is 4.29. The van der Waals surface area contributed by atoms with Crippen molar-refractivity contribution in [1.82, 2.24) is 28.7 Å². The molecule has 6 heteroatoms. The van der Waals surface area contributed by atoms with Crippen molar-refractivity contribution < 1.29 is 0 Å². The fourth-order valence-corrected chi connectivity index (χ4v) is 13.1. The third kappa shape index (κ3) is 12.3. The summed E-state index contributed by atoms with van der Waals surface area (Å²) in [6.45, 7) is 20.2. The van der Waals surface area contributed by atoms with Gasteiger partial charge >= 0.3 is 0 Å². The summed E-state index contributed by atoms with van der Waals surface area (Å²) in [6.07, 6.45) is 26.9. The minimum Gasteiger partial charge on any atom is -0.296 e. The number of hydrogen-bond donors (Lipinski definition) is 0. The van der Waals surface area contributed by atoms with Gasteiger partial charge in [-0.15, -0.1) is 0 Å². The summed E-state index contributed by atoms with van der Waals surface area (Å²) in [7, 11) is 0. The SMILES string of the molecule is Cc1cc(C)c(-n2c3cnc2-c2ccc(cc2)CCCCCCc2cnc(n2-c2c(C)cc(C)cc2C)-c2ccc(cc2)CCCCCCc2cnc(n2-c2c(C)cc(C)cc2C)-c2ccc(cc2)CCCCCC3)c(C)c1. The molecule has 0 atom stereocenters. The third-order valence-electron chi connectivity index (χ3n) is 16.7. The van der Waals surface area contributed by atoms with Gasteiger partial charge in [0.25, 0.3) is 0 Å². The number of benzene rings is 6. The average molecular weight is 1030 g/mol. The highest BCUT2D eigenvalue weighted by molar-refractivity contribution is 5.66. The number of hydrogen-bond acceptors (Lipinski definition) is 3. The maximum Gasteiger partial charge on any atom is 0.144 e. The summed E-state index contributed by atoms with van der Waals surface area (Å²) >= 11 is 0. The van der Waals surface area contributed by atoms with Gasteiger partial charge in [0.2, 0.25) is 0 Å². The van der Waals surface area contributed by atoms with E-state index in [9.17, 15) is 0 Å². The molecule has 78 heavy (non-hydrogen) atoms. The molecule has 9 aromatic rings. The zero-order valence-electron chi connectivity index (χ0n) is 48.5. The smallest absolute Gasteiger partial charge is 0.144 e. The Morgan fingerprint density at radius 2 is 0.487 bits per heavy atom. The lowest BCUT2D eigenvalue weighted by Crippen LogP contribution is -2.07. The minimum atomic E-state index is 1.00. The van der Waals surface area contributed by atoms with E-state index in [1.54, 1.807) is 0 Å². The van der Waals surface area contributed by atoms with E-state index in [4.69, 9.17) is 15.0 Å². The van der Waals surface area contributed by atoms with Gasteiger partial charge in [-0.1, -0.05) is 164 Å². The van der Waals surface area contributed by atoms with E-state index in [1.807, 2.05) is 0 Å². The predicted molar refractivity (Wildman–Crippen MR) is 327 cm³/mol. The second-order valence-electron chi connectivity index (χ2n) is 23.3. The molecule has 4 aliphatic heterocycles. The molecule has 12 bridgehead atoms. The van der Waals surface area contributed by atoms with Crippen molar-refractivity contribution in [2.24, 2.45) is 0 Å². The number of imidazole rings is 3. The van der Waals surface area contributed by atoms with Gasteiger partial charge in [-0.3, -0.25) is 13.7 Å². The summed E-state index contributed by atoms with van der Waals surface area (Å²) in [5.74, 6) is 3.12. The molecule has 3 aromatic heterocycles. The molecular weight excluding hydrogens is 949 g/mol. The van der Waals surface area contributed by atoms with E-state index in [-0.39, 0.29) is 0 Å². The molecule has 13 rings (SSSR count). The van der Waals surface area contributed by atoms with Gasteiger partial charge in [0.05, 0.1) is 17.1 Å². The zero-order valence-corrected chi connectivity index (χ0v) is 48.5. The molecule has 0 aliphatic carbocycles. The van der Waals surface area contributed by atoms with Crippen LogP contribution in [-0.4, -0.2) is 28.7 Å². The monoisotopic (exact) mass is 1030 g/mol. The van der Waals surface area contributed by atoms with Crippen molar-refractivity contribution in [3.05, 3.63) is 212 Å². The van der Waals surface area contributed by atoms with Crippen molar-refractivity contribution in [2.75, 3.05) is 0 Å². The highest BCUT2D eigenvalue weighted by atomic mass is 15.1. The van der Waals surface area contributed by atoms with E-state index >= 15 is 0 Å². The molecule has 0 saturated carbocycles. The second-order valence-corrected chi connectivity index (χ2v) is 23.3. The predicted octanol–water partition coefficient (Wildman–Crippen LogP) is 18.4. The van der Waals surface area contributed by atoms with E-state index in [2.05, 4.69) is 204 Å². The first-order valence-corrected chi connectivity index (χ1v) is 29.6. The van der Waals surface area contributed by atoms with Gasteiger partial charge in [0.1, 0.15) is 17.5 Å². The van der Waals surface area contributed by atoms with E-state index < -0.39 is 0 Å². The topological polar surface area (TPSA) is 53.5 Å². The number of aromatic nitrogens is 6. The van der Waals surface area contributed by atoms with E-state index in [0.717, 1.165) is 75.3 Å². The Morgan fingerprint density at radius 1 is 0.269 bits per heavy atom. The van der Waals surface area contributed by atoms with Crippen LogP contribution in [-0.2, 0) is 38.5 Å². The van der Waals surface area contributed by atoms with Gasteiger partial charge < -0.3 is 0 Å². The normalized spacial score (nSPS) is 14.6. The third-order valence-corrected chi connectivity index (χ3v) is 16.7. The molecule has 0 unspecified atom stereocenters. The van der Waals surface area contributed by atoms with Crippen LogP contribution in [0.5, 0.6) is 0 Å². The Labute approximate surface area is 467 Å². The van der Waals surface area contributed by atoms with Crippen LogP contribution in [0.25, 0.3) is 51.2 Å². The van der Waals surface area contributed by atoms with Gasteiger partial charge in [-0.05, 0) is 189 Å². The molecule has 4 aliphatic rings. The lowest BCUT2D eigenvalue weighted by molar-refractivity contribution is 0.632. The Bertz CT molecular complexity index is 3050.